The SMILES string of the molecule is Cc1nc2scc(C(F)F)c2c(=O)n1C1CCC(=O)NC1=O. The predicted molar refractivity (Wildman–Crippen MR) is 75.0 cm³/mol. The fourth-order valence-corrected chi connectivity index (χ4v) is 3.55. The number of aryl methyl sites for hydroxylation is 1. The number of rotatable bonds is 2. The van der Waals surface area contributed by atoms with Crippen molar-refractivity contribution >= 4 is 33.4 Å². The maximum atomic E-state index is 13.0. The molecule has 0 aliphatic carbocycles. The molecule has 2 aromatic rings. The average Bonchev–Trinajstić information content (AvgIpc) is 2.85. The first-order valence-corrected chi connectivity index (χ1v) is 7.40. The lowest BCUT2D eigenvalue weighted by atomic mass is 10.1. The van der Waals surface area contributed by atoms with Crippen LogP contribution < -0.4 is 10.9 Å². The molecule has 3 heterocycles. The first-order chi connectivity index (χ1) is 10.4. The molecule has 1 atom stereocenters. The standard InChI is InChI=1S/C13H11F2N3O3S/c1-5-16-12-9(6(4-22-12)10(14)15)13(21)18(5)7-2-3-8(19)17-11(7)20/h4,7,10H,2-3H2,1H3,(H,17,19,20). The lowest BCUT2D eigenvalue weighted by Gasteiger charge is -2.24. The van der Waals surface area contributed by atoms with Gasteiger partial charge in [-0.3, -0.25) is 24.3 Å². The summed E-state index contributed by atoms with van der Waals surface area (Å²) in [6, 6.07) is -0.910. The van der Waals surface area contributed by atoms with E-state index in [1.165, 1.54) is 12.3 Å². The second-order valence-corrected chi connectivity index (χ2v) is 5.83. The van der Waals surface area contributed by atoms with Crippen LogP contribution >= 0.6 is 11.3 Å². The van der Waals surface area contributed by atoms with Crippen molar-refractivity contribution in [2.75, 3.05) is 0 Å². The summed E-state index contributed by atoms with van der Waals surface area (Å²) in [6.07, 6.45) is -2.56. The summed E-state index contributed by atoms with van der Waals surface area (Å²) in [7, 11) is 0. The van der Waals surface area contributed by atoms with Crippen LogP contribution in [-0.2, 0) is 9.59 Å². The van der Waals surface area contributed by atoms with Crippen LogP contribution in [0.5, 0.6) is 0 Å². The van der Waals surface area contributed by atoms with Gasteiger partial charge in [0.2, 0.25) is 11.8 Å². The molecule has 9 heteroatoms. The number of halogens is 2. The number of piperidine rings is 1. The Labute approximate surface area is 126 Å². The van der Waals surface area contributed by atoms with E-state index in [1.54, 1.807) is 0 Å². The summed E-state index contributed by atoms with van der Waals surface area (Å²) in [6.45, 7) is 1.53. The van der Waals surface area contributed by atoms with E-state index in [9.17, 15) is 23.2 Å². The van der Waals surface area contributed by atoms with Gasteiger partial charge in [0.05, 0.1) is 5.39 Å². The number of carbonyl (C=O) groups excluding carboxylic acids is 2. The molecule has 1 aliphatic heterocycles. The number of nitrogens with one attached hydrogen (secondary N) is 1. The molecule has 2 aromatic heterocycles. The molecule has 1 unspecified atom stereocenters. The fourth-order valence-electron chi connectivity index (χ4n) is 2.58. The highest BCUT2D eigenvalue weighted by molar-refractivity contribution is 7.16. The minimum atomic E-state index is -2.79. The third-order valence-electron chi connectivity index (χ3n) is 3.60. The van der Waals surface area contributed by atoms with E-state index in [0.29, 0.717) is 0 Å². The van der Waals surface area contributed by atoms with Crippen LogP contribution in [0.4, 0.5) is 8.78 Å². The van der Waals surface area contributed by atoms with Crippen molar-refractivity contribution in [2.45, 2.75) is 32.2 Å². The predicted octanol–water partition coefficient (Wildman–Crippen LogP) is 1.68. The normalized spacial score (nSPS) is 19.0. The molecule has 0 bridgehead atoms. The van der Waals surface area contributed by atoms with E-state index in [-0.39, 0.29) is 34.4 Å². The summed E-state index contributed by atoms with van der Waals surface area (Å²) >= 11 is 0.968. The molecule has 0 radical (unpaired) electrons. The zero-order chi connectivity index (χ0) is 16.0. The van der Waals surface area contributed by atoms with Crippen LogP contribution in [-0.4, -0.2) is 21.4 Å². The van der Waals surface area contributed by atoms with Crippen molar-refractivity contribution in [3.05, 3.63) is 27.1 Å². The monoisotopic (exact) mass is 327 g/mol. The highest BCUT2D eigenvalue weighted by Gasteiger charge is 2.31. The molecule has 22 heavy (non-hydrogen) atoms. The quantitative estimate of drug-likeness (QED) is 0.851. The molecule has 116 valence electrons. The van der Waals surface area contributed by atoms with E-state index < -0.39 is 29.8 Å². The van der Waals surface area contributed by atoms with E-state index >= 15 is 0 Å². The molecule has 6 nitrogen and oxygen atoms in total. The van der Waals surface area contributed by atoms with Crippen LogP contribution in [0.3, 0.4) is 0 Å². The first kappa shape index (κ1) is 14.8. The Hall–Kier alpha value is -2.16. The summed E-state index contributed by atoms with van der Waals surface area (Å²) in [5.74, 6) is -0.768. The molecule has 0 saturated carbocycles. The van der Waals surface area contributed by atoms with Gasteiger partial charge >= 0.3 is 0 Å². The Balaban J connectivity index is 2.21. The fraction of sp³-hybridized carbons (Fsp3) is 0.385. The Morgan fingerprint density at radius 3 is 2.77 bits per heavy atom. The summed E-state index contributed by atoms with van der Waals surface area (Å²) in [5, 5.41) is 3.20. The van der Waals surface area contributed by atoms with Gasteiger partial charge in [0.1, 0.15) is 16.7 Å². The highest BCUT2D eigenvalue weighted by Crippen LogP contribution is 2.30. The largest absolute Gasteiger partial charge is 0.295 e. The average molecular weight is 327 g/mol. The van der Waals surface area contributed by atoms with Gasteiger partial charge in [0.25, 0.3) is 12.0 Å². The molecule has 2 amide bonds. The van der Waals surface area contributed by atoms with Crippen molar-refractivity contribution in [3.63, 3.8) is 0 Å². The highest BCUT2D eigenvalue weighted by atomic mass is 32.1. The number of hydrogen-bond acceptors (Lipinski definition) is 5. The van der Waals surface area contributed by atoms with E-state index in [2.05, 4.69) is 10.3 Å². The van der Waals surface area contributed by atoms with E-state index in [4.69, 9.17) is 0 Å². The van der Waals surface area contributed by atoms with Gasteiger partial charge in [0, 0.05) is 17.4 Å². The van der Waals surface area contributed by atoms with Gasteiger partial charge in [0.15, 0.2) is 0 Å². The van der Waals surface area contributed by atoms with Crippen LogP contribution in [0.15, 0.2) is 10.2 Å². The van der Waals surface area contributed by atoms with Crippen molar-refractivity contribution < 1.29 is 18.4 Å². The van der Waals surface area contributed by atoms with Crippen molar-refractivity contribution in [3.8, 4) is 0 Å². The van der Waals surface area contributed by atoms with Crippen molar-refractivity contribution in [1.82, 2.24) is 14.9 Å². The van der Waals surface area contributed by atoms with Crippen molar-refractivity contribution in [1.29, 1.82) is 0 Å². The van der Waals surface area contributed by atoms with E-state index in [1.807, 2.05) is 0 Å². The van der Waals surface area contributed by atoms with Gasteiger partial charge in [-0.2, -0.15) is 0 Å². The summed E-state index contributed by atoms with van der Waals surface area (Å²) in [4.78, 5) is 40.1. The van der Waals surface area contributed by atoms with Gasteiger partial charge in [-0.25, -0.2) is 13.8 Å². The molecule has 1 fully saturated rings. The van der Waals surface area contributed by atoms with Crippen LogP contribution in [0.2, 0.25) is 0 Å². The lowest BCUT2D eigenvalue weighted by molar-refractivity contribution is -0.135. The zero-order valence-electron chi connectivity index (χ0n) is 11.4. The molecular formula is C13H11F2N3O3S. The minimum Gasteiger partial charge on any atom is -0.295 e. The Morgan fingerprint density at radius 2 is 2.14 bits per heavy atom. The first-order valence-electron chi connectivity index (χ1n) is 6.52. The number of carbonyl (C=O) groups is 2. The number of amides is 2. The summed E-state index contributed by atoms with van der Waals surface area (Å²) < 4.78 is 27.1. The Kier molecular flexibility index (Phi) is 3.51. The smallest absolute Gasteiger partial charge is 0.265 e. The molecule has 3 rings (SSSR count). The third-order valence-corrected chi connectivity index (χ3v) is 4.49. The second-order valence-electron chi connectivity index (χ2n) is 4.97. The van der Waals surface area contributed by atoms with Gasteiger partial charge in [-0.05, 0) is 13.3 Å². The lowest BCUT2D eigenvalue weighted by Crippen LogP contribution is -2.45. The zero-order valence-corrected chi connectivity index (χ0v) is 12.2. The van der Waals surface area contributed by atoms with Crippen LogP contribution in [0.25, 0.3) is 10.2 Å². The van der Waals surface area contributed by atoms with Crippen molar-refractivity contribution in [2.24, 2.45) is 0 Å². The molecule has 0 aromatic carbocycles. The number of nitrogens with zero attached hydrogens (tertiary/aromatic N) is 2. The number of hydrogen-bond donors (Lipinski definition) is 1. The number of aromatic nitrogens is 2. The van der Waals surface area contributed by atoms with Crippen LogP contribution in [0.1, 0.15) is 36.7 Å². The second kappa shape index (κ2) is 5.24. The summed E-state index contributed by atoms with van der Waals surface area (Å²) in [5.41, 5.74) is -1.05. The Morgan fingerprint density at radius 1 is 1.41 bits per heavy atom. The maximum Gasteiger partial charge on any atom is 0.265 e. The van der Waals surface area contributed by atoms with Gasteiger partial charge < -0.3 is 0 Å². The molecule has 1 saturated heterocycles. The number of fused-ring (bicyclic) bond motifs is 1. The molecule has 1 aliphatic rings. The van der Waals surface area contributed by atoms with Crippen LogP contribution in [0, 0.1) is 6.92 Å². The molecular weight excluding hydrogens is 316 g/mol. The number of imide groups is 1. The maximum absolute atomic E-state index is 13.0. The third kappa shape index (κ3) is 2.21. The number of thiophene rings is 1. The molecule has 1 N–H and O–H groups in total. The number of alkyl halides is 2. The minimum absolute atomic E-state index is 0.0890. The molecule has 0 spiro atoms. The van der Waals surface area contributed by atoms with Gasteiger partial charge in [-0.1, -0.05) is 0 Å². The van der Waals surface area contributed by atoms with E-state index in [0.717, 1.165) is 15.9 Å². The topological polar surface area (TPSA) is 81.1 Å². The van der Waals surface area contributed by atoms with Gasteiger partial charge in [-0.15, -0.1) is 11.3 Å². The Bertz CT molecular complexity index is 843.